The van der Waals surface area contributed by atoms with Crippen LogP contribution in [-0.2, 0) is 16.1 Å². The summed E-state index contributed by atoms with van der Waals surface area (Å²) < 4.78 is 0. The van der Waals surface area contributed by atoms with Gasteiger partial charge in [-0.1, -0.05) is 41.5 Å². The van der Waals surface area contributed by atoms with Crippen LogP contribution in [0.5, 0.6) is 0 Å². The Bertz CT molecular complexity index is 660. The van der Waals surface area contributed by atoms with Gasteiger partial charge in [0, 0.05) is 51.4 Å². The Morgan fingerprint density at radius 3 is 2.29 bits per heavy atom. The smallest absolute Gasteiger partial charge is 0.224 e. The van der Waals surface area contributed by atoms with E-state index in [0.717, 1.165) is 29.9 Å². The van der Waals surface area contributed by atoms with Gasteiger partial charge < -0.3 is 15.1 Å². The second-order valence-electron chi connectivity index (χ2n) is 9.44. The number of amides is 2. The van der Waals surface area contributed by atoms with Crippen LogP contribution in [0.4, 0.5) is 11.4 Å². The molecule has 0 spiro atoms. The SMILES string of the molecule is CCCN(Cc1cc(NC(=O)CC(C)C)ccc1N(C)C)C(=O)CC(C)(C)C. The predicted molar refractivity (Wildman–Crippen MR) is 119 cm³/mol. The number of hydrogen-bond acceptors (Lipinski definition) is 3. The molecule has 0 atom stereocenters. The fourth-order valence-corrected chi connectivity index (χ4v) is 3.14. The van der Waals surface area contributed by atoms with E-state index >= 15 is 0 Å². The second kappa shape index (κ2) is 10.5. The molecule has 5 nitrogen and oxygen atoms in total. The van der Waals surface area contributed by atoms with Crippen molar-refractivity contribution < 1.29 is 9.59 Å². The van der Waals surface area contributed by atoms with Gasteiger partial charge in [0.1, 0.15) is 0 Å². The molecule has 1 N–H and O–H groups in total. The molecule has 0 saturated carbocycles. The Morgan fingerprint density at radius 2 is 1.79 bits per heavy atom. The van der Waals surface area contributed by atoms with Crippen molar-refractivity contribution in [3.8, 4) is 0 Å². The molecular weight excluding hydrogens is 350 g/mol. The summed E-state index contributed by atoms with van der Waals surface area (Å²) in [5.41, 5.74) is 2.85. The predicted octanol–water partition coefficient (Wildman–Crippen LogP) is 4.91. The van der Waals surface area contributed by atoms with E-state index < -0.39 is 0 Å². The van der Waals surface area contributed by atoms with E-state index in [9.17, 15) is 9.59 Å². The summed E-state index contributed by atoms with van der Waals surface area (Å²) in [5.74, 6) is 0.511. The van der Waals surface area contributed by atoms with Gasteiger partial charge in [-0.15, -0.1) is 0 Å². The van der Waals surface area contributed by atoms with Crippen LogP contribution in [-0.4, -0.2) is 37.4 Å². The minimum Gasteiger partial charge on any atom is -0.377 e. The third-order valence-electron chi connectivity index (χ3n) is 4.33. The van der Waals surface area contributed by atoms with E-state index in [2.05, 4.69) is 33.0 Å². The Labute approximate surface area is 171 Å². The van der Waals surface area contributed by atoms with Crippen LogP contribution in [0.25, 0.3) is 0 Å². The number of hydrogen-bond donors (Lipinski definition) is 1. The van der Waals surface area contributed by atoms with Gasteiger partial charge in [-0.3, -0.25) is 9.59 Å². The Hall–Kier alpha value is -2.04. The molecule has 1 aromatic carbocycles. The molecule has 158 valence electrons. The zero-order valence-electron chi connectivity index (χ0n) is 19.1. The highest BCUT2D eigenvalue weighted by molar-refractivity contribution is 5.91. The quantitative estimate of drug-likeness (QED) is 0.653. The highest BCUT2D eigenvalue weighted by atomic mass is 16.2. The Balaban J connectivity index is 3.10. The summed E-state index contributed by atoms with van der Waals surface area (Å²) >= 11 is 0. The van der Waals surface area contributed by atoms with E-state index in [0.29, 0.717) is 25.3 Å². The van der Waals surface area contributed by atoms with E-state index in [4.69, 9.17) is 0 Å². The first kappa shape index (κ1) is 24.0. The van der Waals surface area contributed by atoms with Crippen molar-refractivity contribution in [1.82, 2.24) is 4.90 Å². The van der Waals surface area contributed by atoms with Crippen molar-refractivity contribution in [2.75, 3.05) is 30.9 Å². The van der Waals surface area contributed by atoms with Crippen LogP contribution < -0.4 is 10.2 Å². The van der Waals surface area contributed by atoms with Crippen molar-refractivity contribution in [3.63, 3.8) is 0 Å². The summed E-state index contributed by atoms with van der Waals surface area (Å²) in [6.45, 7) is 13.7. The molecule has 0 aliphatic rings. The van der Waals surface area contributed by atoms with Gasteiger partial charge in [0.15, 0.2) is 0 Å². The van der Waals surface area contributed by atoms with Gasteiger partial charge in [0.2, 0.25) is 11.8 Å². The van der Waals surface area contributed by atoms with Crippen LogP contribution in [0, 0.1) is 11.3 Å². The lowest BCUT2D eigenvalue weighted by Gasteiger charge is -2.28. The number of nitrogens with zero attached hydrogens (tertiary/aromatic N) is 2. The normalized spacial score (nSPS) is 11.5. The standard InChI is InChI=1S/C23H39N3O2/c1-9-12-26(22(28)15-23(4,5)6)16-18-14-19(10-11-20(18)25(7)8)24-21(27)13-17(2)3/h10-11,14,17H,9,12-13,15-16H2,1-8H3,(H,24,27). The average molecular weight is 390 g/mol. The molecule has 0 radical (unpaired) electrons. The minimum atomic E-state index is -0.0415. The third-order valence-corrected chi connectivity index (χ3v) is 4.33. The molecule has 0 aliphatic carbocycles. The molecular formula is C23H39N3O2. The summed E-state index contributed by atoms with van der Waals surface area (Å²) in [5, 5.41) is 2.99. The van der Waals surface area contributed by atoms with E-state index in [1.54, 1.807) is 0 Å². The van der Waals surface area contributed by atoms with E-state index in [1.807, 2.05) is 55.9 Å². The molecule has 0 heterocycles. The number of carbonyl (C=O) groups is 2. The van der Waals surface area contributed by atoms with Crippen molar-refractivity contribution in [2.24, 2.45) is 11.3 Å². The highest BCUT2D eigenvalue weighted by Crippen LogP contribution is 2.26. The van der Waals surface area contributed by atoms with Crippen molar-refractivity contribution in [3.05, 3.63) is 23.8 Å². The lowest BCUT2D eigenvalue weighted by atomic mass is 9.91. The molecule has 2 amide bonds. The first-order chi connectivity index (χ1) is 12.9. The third kappa shape index (κ3) is 8.32. The first-order valence-corrected chi connectivity index (χ1v) is 10.3. The zero-order valence-corrected chi connectivity index (χ0v) is 19.1. The Morgan fingerprint density at radius 1 is 1.14 bits per heavy atom. The van der Waals surface area contributed by atoms with Crippen LogP contribution in [0.2, 0.25) is 0 Å². The summed E-state index contributed by atoms with van der Waals surface area (Å²) in [7, 11) is 3.99. The minimum absolute atomic E-state index is 0.0211. The highest BCUT2D eigenvalue weighted by Gasteiger charge is 2.22. The van der Waals surface area contributed by atoms with E-state index in [1.165, 1.54) is 0 Å². The fourth-order valence-electron chi connectivity index (χ4n) is 3.14. The number of benzene rings is 1. The molecule has 0 aliphatic heterocycles. The summed E-state index contributed by atoms with van der Waals surface area (Å²) in [6, 6.07) is 5.94. The second-order valence-corrected chi connectivity index (χ2v) is 9.44. The molecule has 5 heteroatoms. The van der Waals surface area contributed by atoms with Gasteiger partial charge in [-0.25, -0.2) is 0 Å². The van der Waals surface area contributed by atoms with Crippen LogP contribution >= 0.6 is 0 Å². The van der Waals surface area contributed by atoms with Gasteiger partial charge in [0.25, 0.3) is 0 Å². The summed E-state index contributed by atoms with van der Waals surface area (Å²) in [4.78, 5) is 29.0. The van der Waals surface area contributed by atoms with Gasteiger partial charge in [0.05, 0.1) is 0 Å². The molecule has 0 saturated heterocycles. The number of rotatable bonds is 9. The number of carbonyl (C=O) groups excluding carboxylic acids is 2. The zero-order chi connectivity index (χ0) is 21.5. The lowest BCUT2D eigenvalue weighted by Crippen LogP contribution is -2.34. The Kier molecular flexibility index (Phi) is 8.99. The maximum absolute atomic E-state index is 12.9. The van der Waals surface area contributed by atoms with Gasteiger partial charge >= 0.3 is 0 Å². The molecule has 28 heavy (non-hydrogen) atoms. The maximum Gasteiger partial charge on any atom is 0.224 e. The molecule has 0 unspecified atom stereocenters. The van der Waals surface area contributed by atoms with Crippen LogP contribution in [0.15, 0.2) is 18.2 Å². The van der Waals surface area contributed by atoms with Crippen LogP contribution in [0.1, 0.15) is 66.4 Å². The average Bonchev–Trinajstić information content (AvgIpc) is 2.51. The van der Waals surface area contributed by atoms with Crippen molar-refractivity contribution >= 4 is 23.2 Å². The molecule has 1 aromatic rings. The number of anilines is 2. The van der Waals surface area contributed by atoms with Gasteiger partial charge in [-0.05, 0) is 41.5 Å². The molecule has 0 bridgehead atoms. The van der Waals surface area contributed by atoms with E-state index in [-0.39, 0.29) is 17.2 Å². The monoisotopic (exact) mass is 389 g/mol. The molecule has 0 fully saturated rings. The maximum atomic E-state index is 12.9. The lowest BCUT2D eigenvalue weighted by molar-refractivity contribution is -0.133. The number of nitrogens with one attached hydrogen (secondary N) is 1. The fraction of sp³-hybridized carbons (Fsp3) is 0.652. The van der Waals surface area contributed by atoms with Crippen molar-refractivity contribution in [1.29, 1.82) is 0 Å². The summed E-state index contributed by atoms with van der Waals surface area (Å²) in [6.07, 6.45) is 1.93. The topological polar surface area (TPSA) is 52.7 Å². The molecule has 1 rings (SSSR count). The van der Waals surface area contributed by atoms with Gasteiger partial charge in [-0.2, -0.15) is 0 Å². The molecule has 0 aromatic heterocycles. The van der Waals surface area contributed by atoms with Crippen LogP contribution in [0.3, 0.4) is 0 Å². The largest absolute Gasteiger partial charge is 0.377 e. The van der Waals surface area contributed by atoms with Crippen molar-refractivity contribution in [2.45, 2.75) is 67.3 Å². The first-order valence-electron chi connectivity index (χ1n) is 10.3.